The van der Waals surface area contributed by atoms with Gasteiger partial charge in [-0.25, -0.2) is 0 Å². The third-order valence-electron chi connectivity index (χ3n) is 2.58. The zero-order chi connectivity index (χ0) is 13.8. The van der Waals surface area contributed by atoms with Crippen LogP contribution in [0.2, 0.25) is 5.02 Å². The highest BCUT2D eigenvalue weighted by Crippen LogP contribution is 2.31. The maximum Gasteiger partial charge on any atom is 0.139 e. The first-order valence-corrected chi connectivity index (χ1v) is 6.37. The van der Waals surface area contributed by atoms with Crippen molar-refractivity contribution in [2.24, 2.45) is 5.73 Å². The van der Waals surface area contributed by atoms with E-state index in [9.17, 15) is 5.11 Å². The molecule has 0 atom stereocenters. The topological polar surface area (TPSA) is 55.5 Å². The number of aliphatic hydroxyl groups excluding tert-OH is 1. The second-order valence-corrected chi connectivity index (χ2v) is 4.69. The smallest absolute Gasteiger partial charge is 0.139 e. The van der Waals surface area contributed by atoms with Gasteiger partial charge < -0.3 is 15.6 Å². The average molecular weight is 294 g/mol. The summed E-state index contributed by atoms with van der Waals surface area (Å²) in [5, 5.41) is 9.71. The van der Waals surface area contributed by atoms with E-state index in [1.54, 1.807) is 30.3 Å². The lowest BCUT2D eigenvalue weighted by atomic mass is 10.2. The monoisotopic (exact) mass is 293 g/mol. The molecule has 0 aliphatic rings. The molecule has 2 aromatic carbocycles. The lowest BCUT2D eigenvalue weighted by Crippen LogP contribution is -2.11. The van der Waals surface area contributed by atoms with Crippen LogP contribution in [0.5, 0.6) is 11.5 Å². The van der Waals surface area contributed by atoms with Gasteiger partial charge in [-0.05, 0) is 18.2 Å². The molecule has 5 heteroatoms. The number of benzene rings is 2. The van der Waals surface area contributed by atoms with Gasteiger partial charge >= 0.3 is 0 Å². The van der Waals surface area contributed by atoms with Crippen LogP contribution in [-0.2, 0) is 6.61 Å². The summed E-state index contributed by atoms with van der Waals surface area (Å²) in [5.41, 5.74) is 6.83. The number of halogens is 1. The Hall–Kier alpha value is -1.62. The predicted molar refractivity (Wildman–Crippen MR) is 79.8 cm³/mol. The number of ether oxygens (including phenoxy) is 1. The Morgan fingerprint density at radius 3 is 2.53 bits per heavy atom. The molecule has 0 spiro atoms. The van der Waals surface area contributed by atoms with Gasteiger partial charge in [-0.3, -0.25) is 0 Å². The van der Waals surface area contributed by atoms with Crippen LogP contribution < -0.4 is 10.5 Å². The number of rotatable bonds is 4. The van der Waals surface area contributed by atoms with E-state index >= 15 is 0 Å². The summed E-state index contributed by atoms with van der Waals surface area (Å²) in [6.45, 7) is -0.112. The first-order chi connectivity index (χ1) is 9.13. The van der Waals surface area contributed by atoms with Gasteiger partial charge in [0.2, 0.25) is 0 Å². The van der Waals surface area contributed by atoms with Gasteiger partial charge in [0.05, 0.1) is 17.2 Å². The average Bonchev–Trinajstić information content (AvgIpc) is 2.39. The molecule has 3 N–H and O–H groups in total. The largest absolute Gasteiger partial charge is 0.456 e. The van der Waals surface area contributed by atoms with Crippen molar-refractivity contribution in [3.8, 4) is 11.5 Å². The van der Waals surface area contributed by atoms with Crippen LogP contribution in [-0.4, -0.2) is 10.1 Å². The standard InChI is InChI=1S/C14H12ClNO2S/c15-10-5-3-7-12(13(10)14(16)19)18-11-6-2-1-4-9(11)8-17/h1-7,17H,8H2,(H2,16,19). The number of hydrogen-bond donors (Lipinski definition) is 2. The van der Waals surface area contributed by atoms with Crippen LogP contribution in [0.3, 0.4) is 0 Å². The molecule has 0 aromatic heterocycles. The van der Waals surface area contributed by atoms with E-state index in [2.05, 4.69) is 0 Å². The number of hydrogen-bond acceptors (Lipinski definition) is 3. The fourth-order valence-corrected chi connectivity index (χ4v) is 2.22. The number of nitrogens with two attached hydrogens (primary N) is 1. The molecular formula is C14H12ClNO2S. The van der Waals surface area contributed by atoms with E-state index in [1.165, 1.54) is 0 Å². The maximum absolute atomic E-state index is 9.27. The molecule has 3 nitrogen and oxygen atoms in total. The van der Waals surface area contributed by atoms with Crippen molar-refractivity contribution in [1.82, 2.24) is 0 Å². The number of thiocarbonyl (C=S) groups is 1. The van der Waals surface area contributed by atoms with Gasteiger partial charge in [0, 0.05) is 5.56 Å². The Labute approximate surface area is 121 Å². The van der Waals surface area contributed by atoms with Crippen LogP contribution >= 0.6 is 23.8 Å². The van der Waals surface area contributed by atoms with E-state index < -0.39 is 0 Å². The van der Waals surface area contributed by atoms with Crippen LogP contribution in [0.15, 0.2) is 42.5 Å². The van der Waals surface area contributed by atoms with Crippen molar-refractivity contribution in [3.05, 3.63) is 58.6 Å². The summed E-state index contributed by atoms with van der Waals surface area (Å²) in [6.07, 6.45) is 0. The minimum Gasteiger partial charge on any atom is -0.456 e. The Balaban J connectivity index is 2.44. The SMILES string of the molecule is NC(=S)c1c(Cl)cccc1Oc1ccccc1CO. The fourth-order valence-electron chi connectivity index (χ4n) is 1.68. The van der Waals surface area contributed by atoms with E-state index in [4.69, 9.17) is 34.3 Å². The first-order valence-electron chi connectivity index (χ1n) is 5.58. The summed E-state index contributed by atoms with van der Waals surface area (Å²) >= 11 is 11.0. The summed E-state index contributed by atoms with van der Waals surface area (Å²) in [4.78, 5) is 0.169. The van der Waals surface area contributed by atoms with Crippen molar-refractivity contribution in [2.45, 2.75) is 6.61 Å². The van der Waals surface area contributed by atoms with Crippen LogP contribution in [0.4, 0.5) is 0 Å². The minimum atomic E-state index is -0.112. The van der Waals surface area contributed by atoms with Crippen molar-refractivity contribution < 1.29 is 9.84 Å². The molecule has 98 valence electrons. The molecule has 0 radical (unpaired) electrons. The quantitative estimate of drug-likeness (QED) is 0.850. The Bertz CT molecular complexity index is 616. The van der Waals surface area contributed by atoms with Crippen molar-refractivity contribution in [2.75, 3.05) is 0 Å². The molecule has 0 amide bonds. The number of aliphatic hydroxyl groups is 1. The van der Waals surface area contributed by atoms with E-state index in [-0.39, 0.29) is 11.6 Å². The highest BCUT2D eigenvalue weighted by molar-refractivity contribution is 7.80. The normalized spacial score (nSPS) is 10.2. The molecule has 0 bridgehead atoms. The Kier molecular flexibility index (Phi) is 4.37. The molecule has 0 saturated carbocycles. The molecule has 0 aliphatic carbocycles. The molecule has 0 heterocycles. The molecule has 2 rings (SSSR count). The lowest BCUT2D eigenvalue weighted by Gasteiger charge is -2.13. The number of para-hydroxylation sites is 1. The lowest BCUT2D eigenvalue weighted by molar-refractivity contribution is 0.276. The first kappa shape index (κ1) is 13.8. The Morgan fingerprint density at radius 1 is 1.16 bits per heavy atom. The molecule has 2 aromatic rings. The zero-order valence-electron chi connectivity index (χ0n) is 9.97. The van der Waals surface area contributed by atoms with Gasteiger partial charge in [-0.15, -0.1) is 0 Å². The fraction of sp³-hybridized carbons (Fsp3) is 0.0714. The minimum absolute atomic E-state index is 0.112. The van der Waals surface area contributed by atoms with Crippen LogP contribution in [0.1, 0.15) is 11.1 Å². The molecule has 0 saturated heterocycles. The highest BCUT2D eigenvalue weighted by atomic mass is 35.5. The van der Waals surface area contributed by atoms with Crippen LogP contribution in [0.25, 0.3) is 0 Å². The van der Waals surface area contributed by atoms with Gasteiger partial charge in [-0.1, -0.05) is 48.1 Å². The second-order valence-electron chi connectivity index (χ2n) is 3.85. The molecule has 0 aliphatic heterocycles. The third kappa shape index (κ3) is 3.04. The van der Waals surface area contributed by atoms with E-state index in [0.29, 0.717) is 27.6 Å². The highest BCUT2D eigenvalue weighted by Gasteiger charge is 2.13. The predicted octanol–water partition coefficient (Wildman–Crippen LogP) is 3.26. The van der Waals surface area contributed by atoms with Crippen LogP contribution in [0, 0.1) is 0 Å². The molecular weight excluding hydrogens is 282 g/mol. The molecule has 0 unspecified atom stereocenters. The zero-order valence-corrected chi connectivity index (χ0v) is 11.5. The van der Waals surface area contributed by atoms with Gasteiger partial charge in [0.15, 0.2) is 0 Å². The van der Waals surface area contributed by atoms with Gasteiger partial charge in [0.1, 0.15) is 16.5 Å². The molecule has 19 heavy (non-hydrogen) atoms. The summed E-state index contributed by atoms with van der Waals surface area (Å²) in [5.74, 6) is 1.02. The summed E-state index contributed by atoms with van der Waals surface area (Å²) < 4.78 is 5.76. The van der Waals surface area contributed by atoms with Crippen molar-refractivity contribution in [3.63, 3.8) is 0 Å². The van der Waals surface area contributed by atoms with Gasteiger partial charge in [0.25, 0.3) is 0 Å². The second kappa shape index (κ2) is 6.02. The van der Waals surface area contributed by atoms with Crippen molar-refractivity contribution in [1.29, 1.82) is 0 Å². The van der Waals surface area contributed by atoms with Gasteiger partial charge in [-0.2, -0.15) is 0 Å². The summed E-state index contributed by atoms with van der Waals surface area (Å²) in [6, 6.07) is 12.4. The maximum atomic E-state index is 9.27. The van der Waals surface area contributed by atoms with E-state index in [1.807, 2.05) is 12.1 Å². The van der Waals surface area contributed by atoms with Crippen molar-refractivity contribution >= 4 is 28.8 Å². The third-order valence-corrected chi connectivity index (χ3v) is 3.10. The van der Waals surface area contributed by atoms with E-state index in [0.717, 1.165) is 0 Å². The Morgan fingerprint density at radius 2 is 1.84 bits per heavy atom. The summed E-state index contributed by atoms with van der Waals surface area (Å²) in [7, 11) is 0. The molecule has 0 fully saturated rings.